The van der Waals surface area contributed by atoms with E-state index < -0.39 is 22.5 Å². The summed E-state index contributed by atoms with van der Waals surface area (Å²) in [6.07, 6.45) is 5.57. The summed E-state index contributed by atoms with van der Waals surface area (Å²) in [4.78, 5) is 15.9. The molecule has 1 aromatic carbocycles. The van der Waals surface area contributed by atoms with Crippen molar-refractivity contribution in [2.75, 3.05) is 17.1 Å². The molecule has 0 bridgehead atoms. The van der Waals surface area contributed by atoms with Crippen LogP contribution in [0.1, 0.15) is 5.56 Å². The molecule has 10 heteroatoms. The number of halogens is 2. The van der Waals surface area contributed by atoms with E-state index in [-0.39, 0.29) is 15.7 Å². The summed E-state index contributed by atoms with van der Waals surface area (Å²) in [5.41, 5.74) is 3.24. The molecule has 0 aliphatic heterocycles. The monoisotopic (exact) mass is 400 g/mol. The van der Waals surface area contributed by atoms with Crippen molar-refractivity contribution < 1.29 is 13.2 Å². The topological polar surface area (TPSA) is 91.7 Å². The average molecular weight is 401 g/mol. The zero-order valence-electron chi connectivity index (χ0n) is 13.1. The van der Waals surface area contributed by atoms with Crippen LogP contribution in [-0.4, -0.2) is 38.3 Å². The lowest BCUT2D eigenvalue weighted by molar-refractivity contribution is -0.119. The quantitative estimate of drug-likeness (QED) is 0.594. The first kappa shape index (κ1) is 19.2. The lowest BCUT2D eigenvalue weighted by Crippen LogP contribution is -2.39. The number of hydrogen-bond acceptors (Lipinski definition) is 5. The molecule has 1 amide bonds. The zero-order chi connectivity index (χ0) is 18.4. The van der Waals surface area contributed by atoms with Gasteiger partial charge in [-0.3, -0.25) is 14.1 Å². The highest BCUT2D eigenvalue weighted by Crippen LogP contribution is 2.28. The van der Waals surface area contributed by atoms with Gasteiger partial charge in [0.1, 0.15) is 6.54 Å². The summed E-state index contributed by atoms with van der Waals surface area (Å²) in [5.74, 6) is -0.609. The van der Waals surface area contributed by atoms with Crippen molar-refractivity contribution >= 4 is 51.0 Å². The maximum Gasteiger partial charge on any atom is 0.260 e. The molecule has 0 unspecified atom stereocenters. The molecule has 1 heterocycles. The Morgan fingerprint density at radius 3 is 2.52 bits per heavy atom. The van der Waals surface area contributed by atoms with Crippen molar-refractivity contribution in [2.45, 2.75) is 0 Å². The van der Waals surface area contributed by atoms with Crippen LogP contribution >= 0.6 is 23.2 Å². The molecule has 25 heavy (non-hydrogen) atoms. The van der Waals surface area contributed by atoms with Crippen LogP contribution in [0.2, 0.25) is 10.0 Å². The molecule has 1 N–H and O–H groups in total. The molecule has 0 spiro atoms. The van der Waals surface area contributed by atoms with E-state index in [4.69, 9.17) is 23.2 Å². The van der Waals surface area contributed by atoms with E-state index >= 15 is 0 Å². The smallest absolute Gasteiger partial charge is 0.260 e. The Labute approximate surface area is 155 Å². The SMILES string of the molecule is CS(=O)(=O)N(CC(=O)N/N=C\c1ccncc1)c1ccc(Cl)c(Cl)c1. The number of pyridine rings is 1. The van der Waals surface area contributed by atoms with E-state index in [2.05, 4.69) is 15.5 Å². The molecule has 2 rings (SSSR count). The number of nitrogens with one attached hydrogen (secondary N) is 1. The number of anilines is 1. The van der Waals surface area contributed by atoms with Gasteiger partial charge in [0.15, 0.2) is 0 Å². The van der Waals surface area contributed by atoms with Crippen molar-refractivity contribution in [1.29, 1.82) is 0 Å². The summed E-state index contributed by atoms with van der Waals surface area (Å²) in [6.45, 7) is -0.454. The largest absolute Gasteiger partial charge is 0.271 e. The number of carbonyl (C=O) groups is 1. The van der Waals surface area contributed by atoms with Crippen LogP contribution < -0.4 is 9.73 Å². The Morgan fingerprint density at radius 2 is 1.92 bits per heavy atom. The number of amides is 1. The highest BCUT2D eigenvalue weighted by atomic mass is 35.5. The van der Waals surface area contributed by atoms with Crippen LogP contribution in [0.3, 0.4) is 0 Å². The van der Waals surface area contributed by atoms with Crippen LogP contribution in [0, 0.1) is 0 Å². The van der Waals surface area contributed by atoms with Gasteiger partial charge >= 0.3 is 0 Å². The number of aromatic nitrogens is 1. The Morgan fingerprint density at radius 1 is 1.24 bits per heavy atom. The van der Waals surface area contributed by atoms with E-state index in [1.807, 2.05) is 0 Å². The molecule has 0 atom stereocenters. The van der Waals surface area contributed by atoms with Crippen molar-refractivity contribution in [3.05, 3.63) is 58.3 Å². The standard InChI is InChI=1S/C15H14Cl2N4O3S/c1-25(23,24)21(12-2-3-13(16)14(17)8-12)10-15(22)20-19-9-11-4-6-18-7-5-11/h2-9H,10H2,1H3,(H,20,22)/b19-9-. The summed E-state index contributed by atoms with van der Waals surface area (Å²) < 4.78 is 24.9. The van der Waals surface area contributed by atoms with Gasteiger partial charge in [-0.2, -0.15) is 5.10 Å². The number of benzene rings is 1. The van der Waals surface area contributed by atoms with E-state index in [9.17, 15) is 13.2 Å². The first-order valence-corrected chi connectivity index (χ1v) is 9.52. The maximum atomic E-state index is 12.0. The van der Waals surface area contributed by atoms with Gasteiger partial charge in [-0.05, 0) is 35.9 Å². The van der Waals surface area contributed by atoms with Crippen LogP contribution in [0.5, 0.6) is 0 Å². The first-order chi connectivity index (χ1) is 11.8. The normalized spacial score (nSPS) is 11.5. The van der Waals surface area contributed by atoms with Crippen LogP contribution in [0.15, 0.2) is 47.8 Å². The number of hydrogen-bond donors (Lipinski definition) is 1. The second kappa shape index (κ2) is 8.28. The molecule has 0 saturated carbocycles. The van der Waals surface area contributed by atoms with Crippen molar-refractivity contribution in [2.24, 2.45) is 5.10 Å². The highest BCUT2D eigenvalue weighted by Gasteiger charge is 2.21. The maximum absolute atomic E-state index is 12.0. The average Bonchev–Trinajstić information content (AvgIpc) is 2.55. The third-order valence-electron chi connectivity index (χ3n) is 2.99. The molecule has 0 saturated heterocycles. The zero-order valence-corrected chi connectivity index (χ0v) is 15.4. The number of hydrazone groups is 1. The predicted molar refractivity (Wildman–Crippen MR) is 98.6 cm³/mol. The molecule has 0 radical (unpaired) electrons. The van der Waals surface area contributed by atoms with Gasteiger partial charge in [0.2, 0.25) is 10.0 Å². The Kier molecular flexibility index (Phi) is 6.35. The van der Waals surface area contributed by atoms with E-state index in [1.54, 1.807) is 24.5 Å². The van der Waals surface area contributed by atoms with E-state index in [0.717, 1.165) is 16.1 Å². The minimum absolute atomic E-state index is 0.184. The molecule has 7 nitrogen and oxygen atoms in total. The molecular formula is C15H14Cl2N4O3S. The minimum atomic E-state index is -3.71. The highest BCUT2D eigenvalue weighted by molar-refractivity contribution is 7.92. The number of nitrogens with zero attached hydrogens (tertiary/aromatic N) is 3. The molecule has 0 aliphatic carbocycles. The summed E-state index contributed by atoms with van der Waals surface area (Å²) in [7, 11) is -3.71. The lowest BCUT2D eigenvalue weighted by atomic mass is 10.3. The van der Waals surface area contributed by atoms with Gasteiger partial charge in [-0.25, -0.2) is 13.8 Å². The van der Waals surface area contributed by atoms with E-state index in [1.165, 1.54) is 24.4 Å². The molecule has 1 aromatic heterocycles. The summed E-state index contributed by atoms with van der Waals surface area (Å²) in [6, 6.07) is 7.69. The summed E-state index contributed by atoms with van der Waals surface area (Å²) in [5, 5.41) is 4.25. The third kappa shape index (κ3) is 5.70. The fourth-order valence-electron chi connectivity index (χ4n) is 1.83. The molecule has 132 valence electrons. The van der Waals surface area contributed by atoms with Crippen molar-refractivity contribution in [3.8, 4) is 0 Å². The second-order valence-corrected chi connectivity index (χ2v) is 7.66. The van der Waals surface area contributed by atoms with Gasteiger partial charge in [0, 0.05) is 12.4 Å². The third-order valence-corrected chi connectivity index (χ3v) is 4.87. The fraction of sp³-hybridized carbons (Fsp3) is 0.133. The Hall–Kier alpha value is -2.16. The van der Waals surface area contributed by atoms with Crippen molar-refractivity contribution in [1.82, 2.24) is 10.4 Å². The van der Waals surface area contributed by atoms with Gasteiger partial charge in [-0.15, -0.1) is 0 Å². The fourth-order valence-corrected chi connectivity index (χ4v) is 2.97. The van der Waals surface area contributed by atoms with Crippen LogP contribution in [-0.2, 0) is 14.8 Å². The summed E-state index contributed by atoms with van der Waals surface area (Å²) >= 11 is 11.7. The molecule has 0 aliphatic rings. The van der Waals surface area contributed by atoms with Gasteiger partial charge < -0.3 is 0 Å². The molecule has 2 aromatic rings. The van der Waals surface area contributed by atoms with Crippen LogP contribution in [0.25, 0.3) is 0 Å². The molecular weight excluding hydrogens is 387 g/mol. The number of rotatable bonds is 6. The number of sulfonamides is 1. The van der Waals surface area contributed by atoms with Gasteiger partial charge in [-0.1, -0.05) is 23.2 Å². The first-order valence-electron chi connectivity index (χ1n) is 6.92. The van der Waals surface area contributed by atoms with E-state index in [0.29, 0.717) is 0 Å². The molecule has 0 fully saturated rings. The predicted octanol–water partition coefficient (Wildman–Crippen LogP) is 2.30. The Balaban J connectivity index is 2.10. The lowest BCUT2D eigenvalue weighted by Gasteiger charge is -2.21. The Bertz CT molecular complexity index is 889. The van der Waals surface area contributed by atoms with Crippen molar-refractivity contribution in [3.63, 3.8) is 0 Å². The van der Waals surface area contributed by atoms with Crippen LogP contribution in [0.4, 0.5) is 5.69 Å². The van der Waals surface area contributed by atoms with Gasteiger partial charge in [0.05, 0.1) is 28.2 Å². The van der Waals surface area contributed by atoms with Gasteiger partial charge in [0.25, 0.3) is 5.91 Å². The number of carbonyl (C=O) groups excluding carboxylic acids is 1. The second-order valence-electron chi connectivity index (χ2n) is 4.94. The minimum Gasteiger partial charge on any atom is -0.271 e.